The molecular formula is C20H24N2O2S. The molecule has 0 unspecified atom stereocenters. The molecule has 0 saturated heterocycles. The van der Waals surface area contributed by atoms with E-state index in [1.54, 1.807) is 17.4 Å². The Morgan fingerprint density at radius 2 is 2.08 bits per heavy atom. The number of hydrogen-bond acceptors (Lipinski definition) is 5. The minimum atomic E-state index is -0.292. The first-order chi connectivity index (χ1) is 12.1. The van der Waals surface area contributed by atoms with Crippen molar-refractivity contribution in [3.8, 4) is 0 Å². The van der Waals surface area contributed by atoms with Crippen LogP contribution in [0, 0.1) is 0 Å². The van der Waals surface area contributed by atoms with Crippen molar-refractivity contribution in [3.63, 3.8) is 0 Å². The van der Waals surface area contributed by atoms with Gasteiger partial charge in [0.2, 0.25) is 0 Å². The van der Waals surface area contributed by atoms with Crippen LogP contribution in [-0.4, -0.2) is 25.5 Å². The standard InChI is InChI=1S/C20H24N2O2S/c1-4-14-7-8-16-15(11-20(23)24-18(16)10-14)12-21-13-17(22(2)3)19-6-5-9-25-19/h5-11,17,21H,4,12-13H2,1-3H3/t17-/m1/s1. The third-order valence-electron chi connectivity index (χ3n) is 4.45. The van der Waals surface area contributed by atoms with Crippen molar-refractivity contribution in [1.29, 1.82) is 0 Å². The number of nitrogens with one attached hydrogen (secondary N) is 1. The molecule has 0 fully saturated rings. The normalized spacial score (nSPS) is 12.8. The minimum Gasteiger partial charge on any atom is -0.423 e. The number of fused-ring (bicyclic) bond motifs is 1. The van der Waals surface area contributed by atoms with E-state index in [4.69, 9.17) is 4.42 Å². The lowest BCUT2D eigenvalue weighted by atomic mass is 10.1. The molecule has 132 valence electrons. The predicted octanol–water partition coefficient (Wildman–Crippen LogP) is 3.81. The van der Waals surface area contributed by atoms with E-state index in [0.717, 1.165) is 23.9 Å². The average molecular weight is 356 g/mol. The molecule has 0 bridgehead atoms. The van der Waals surface area contributed by atoms with Gasteiger partial charge in [0, 0.05) is 29.4 Å². The summed E-state index contributed by atoms with van der Waals surface area (Å²) >= 11 is 1.77. The zero-order chi connectivity index (χ0) is 17.8. The molecule has 0 aliphatic rings. The van der Waals surface area contributed by atoms with Gasteiger partial charge in [-0.25, -0.2) is 4.79 Å². The smallest absolute Gasteiger partial charge is 0.336 e. The molecule has 1 aromatic carbocycles. The Morgan fingerprint density at radius 1 is 1.24 bits per heavy atom. The third-order valence-corrected chi connectivity index (χ3v) is 5.42. The van der Waals surface area contributed by atoms with Crippen molar-refractivity contribution >= 4 is 22.3 Å². The van der Waals surface area contributed by atoms with Crippen LogP contribution in [-0.2, 0) is 13.0 Å². The van der Waals surface area contributed by atoms with Gasteiger partial charge in [-0.05, 0) is 49.2 Å². The highest BCUT2D eigenvalue weighted by Crippen LogP contribution is 2.23. The molecule has 2 heterocycles. The first kappa shape index (κ1) is 17.9. The Balaban J connectivity index is 1.77. The van der Waals surface area contributed by atoms with Gasteiger partial charge in [0.25, 0.3) is 0 Å². The maximum atomic E-state index is 11.9. The molecule has 0 saturated carbocycles. The number of aryl methyl sites for hydroxylation is 1. The fraction of sp³-hybridized carbons (Fsp3) is 0.350. The monoisotopic (exact) mass is 356 g/mol. The molecule has 3 aromatic rings. The summed E-state index contributed by atoms with van der Waals surface area (Å²) < 4.78 is 5.38. The molecule has 0 spiro atoms. The fourth-order valence-corrected chi connectivity index (χ4v) is 3.93. The van der Waals surface area contributed by atoms with Gasteiger partial charge in [-0.2, -0.15) is 0 Å². The molecule has 5 heteroatoms. The average Bonchev–Trinajstić information content (AvgIpc) is 3.11. The van der Waals surface area contributed by atoms with E-state index in [1.807, 2.05) is 6.07 Å². The molecule has 25 heavy (non-hydrogen) atoms. The number of benzene rings is 1. The second kappa shape index (κ2) is 7.95. The first-order valence-corrected chi connectivity index (χ1v) is 9.42. The van der Waals surface area contributed by atoms with Crippen molar-refractivity contribution in [3.05, 3.63) is 68.2 Å². The number of rotatable bonds is 7. The molecule has 0 aliphatic carbocycles. The Hall–Kier alpha value is -1.95. The van der Waals surface area contributed by atoms with Crippen LogP contribution in [0.1, 0.15) is 29.0 Å². The van der Waals surface area contributed by atoms with Crippen molar-refractivity contribution in [1.82, 2.24) is 10.2 Å². The van der Waals surface area contributed by atoms with E-state index >= 15 is 0 Å². The van der Waals surface area contributed by atoms with Gasteiger partial charge in [0.15, 0.2) is 0 Å². The third kappa shape index (κ3) is 4.18. The van der Waals surface area contributed by atoms with E-state index in [0.29, 0.717) is 18.2 Å². The van der Waals surface area contributed by atoms with Crippen molar-refractivity contribution < 1.29 is 4.42 Å². The van der Waals surface area contributed by atoms with Crippen molar-refractivity contribution in [2.45, 2.75) is 25.9 Å². The van der Waals surface area contributed by atoms with E-state index in [-0.39, 0.29) is 5.63 Å². The maximum absolute atomic E-state index is 11.9. The summed E-state index contributed by atoms with van der Waals surface area (Å²) in [7, 11) is 4.18. The van der Waals surface area contributed by atoms with Gasteiger partial charge in [-0.3, -0.25) is 0 Å². The summed E-state index contributed by atoms with van der Waals surface area (Å²) in [5, 5.41) is 6.61. The van der Waals surface area contributed by atoms with Gasteiger partial charge < -0.3 is 14.6 Å². The van der Waals surface area contributed by atoms with E-state index < -0.39 is 0 Å². The second-order valence-corrected chi connectivity index (χ2v) is 7.38. The van der Waals surface area contributed by atoms with Gasteiger partial charge in [-0.1, -0.05) is 25.1 Å². The number of thiophene rings is 1. The van der Waals surface area contributed by atoms with Gasteiger partial charge in [0.1, 0.15) is 5.58 Å². The van der Waals surface area contributed by atoms with Gasteiger partial charge in [-0.15, -0.1) is 11.3 Å². The molecular weight excluding hydrogens is 332 g/mol. The predicted molar refractivity (Wildman–Crippen MR) is 104 cm³/mol. The van der Waals surface area contributed by atoms with Crippen LogP contribution in [0.4, 0.5) is 0 Å². The van der Waals surface area contributed by atoms with Crippen molar-refractivity contribution in [2.75, 3.05) is 20.6 Å². The Kier molecular flexibility index (Phi) is 5.68. The zero-order valence-electron chi connectivity index (χ0n) is 14.9. The van der Waals surface area contributed by atoms with Crippen LogP contribution in [0.3, 0.4) is 0 Å². The summed E-state index contributed by atoms with van der Waals surface area (Å²) in [6, 6.07) is 12.3. The lowest BCUT2D eigenvalue weighted by Gasteiger charge is -2.23. The summed E-state index contributed by atoms with van der Waals surface area (Å²) in [5.41, 5.74) is 2.54. The SMILES string of the molecule is CCc1ccc2c(CNC[C@H](c3cccs3)N(C)C)cc(=O)oc2c1. The molecule has 4 nitrogen and oxygen atoms in total. The molecule has 0 radical (unpaired) electrons. The fourth-order valence-electron chi connectivity index (χ4n) is 3.00. The molecule has 3 rings (SSSR count). The van der Waals surface area contributed by atoms with Gasteiger partial charge >= 0.3 is 5.63 Å². The zero-order valence-corrected chi connectivity index (χ0v) is 15.7. The Bertz CT molecular complexity index is 884. The molecule has 0 amide bonds. The van der Waals surface area contributed by atoms with Crippen LogP contribution in [0.25, 0.3) is 11.0 Å². The molecule has 1 atom stereocenters. The number of hydrogen-bond donors (Lipinski definition) is 1. The molecule has 0 aliphatic heterocycles. The van der Waals surface area contributed by atoms with E-state index in [9.17, 15) is 4.79 Å². The maximum Gasteiger partial charge on any atom is 0.336 e. The topological polar surface area (TPSA) is 45.5 Å². The highest BCUT2D eigenvalue weighted by Gasteiger charge is 2.15. The summed E-state index contributed by atoms with van der Waals surface area (Å²) in [6.45, 7) is 3.56. The van der Waals surface area contributed by atoms with E-state index in [1.165, 1.54) is 10.4 Å². The Labute approximate surface area is 152 Å². The molecule has 2 aromatic heterocycles. The molecule has 1 N–H and O–H groups in total. The van der Waals surface area contributed by atoms with Crippen LogP contribution in [0.2, 0.25) is 0 Å². The Morgan fingerprint density at radius 3 is 2.76 bits per heavy atom. The summed E-state index contributed by atoms with van der Waals surface area (Å²) in [4.78, 5) is 15.4. The number of likely N-dealkylation sites (N-methyl/N-ethyl adjacent to an activating group) is 1. The minimum absolute atomic E-state index is 0.292. The van der Waals surface area contributed by atoms with Crippen LogP contribution in [0.15, 0.2) is 51.0 Å². The van der Waals surface area contributed by atoms with Crippen molar-refractivity contribution in [2.24, 2.45) is 0 Å². The lowest BCUT2D eigenvalue weighted by molar-refractivity contribution is 0.292. The summed E-state index contributed by atoms with van der Waals surface area (Å²) in [6.07, 6.45) is 0.924. The highest BCUT2D eigenvalue weighted by molar-refractivity contribution is 7.10. The largest absolute Gasteiger partial charge is 0.423 e. The van der Waals surface area contributed by atoms with Gasteiger partial charge in [0.05, 0.1) is 6.04 Å². The first-order valence-electron chi connectivity index (χ1n) is 8.54. The summed E-state index contributed by atoms with van der Waals surface area (Å²) in [5.74, 6) is 0. The number of nitrogens with zero attached hydrogens (tertiary/aromatic N) is 1. The van der Waals surface area contributed by atoms with E-state index in [2.05, 4.69) is 60.9 Å². The van der Waals surface area contributed by atoms with Crippen LogP contribution in [0.5, 0.6) is 0 Å². The lowest BCUT2D eigenvalue weighted by Crippen LogP contribution is -2.30. The van der Waals surface area contributed by atoms with Crippen LogP contribution < -0.4 is 10.9 Å². The second-order valence-electron chi connectivity index (χ2n) is 6.40. The highest BCUT2D eigenvalue weighted by atomic mass is 32.1. The quantitative estimate of drug-likeness (QED) is 0.654. The van der Waals surface area contributed by atoms with Crippen LogP contribution >= 0.6 is 11.3 Å².